The Balaban J connectivity index is 0.00000338. The molecule has 0 fully saturated rings. The molecule has 0 bridgehead atoms. The molecule has 0 aliphatic rings. The minimum absolute atomic E-state index is 0. The molecule has 0 heterocycles. The van der Waals surface area contributed by atoms with E-state index in [1.54, 1.807) is 18.2 Å². The molecular weight excluding hydrogens is 362 g/mol. The first-order valence-corrected chi connectivity index (χ1v) is 9.90. The third-order valence-electron chi connectivity index (χ3n) is 4.16. The first kappa shape index (κ1) is 23.2. The van der Waals surface area contributed by atoms with Crippen LogP contribution in [0.15, 0.2) is 30.3 Å². The van der Waals surface area contributed by atoms with E-state index < -0.39 is 13.9 Å². The first-order chi connectivity index (χ1) is 11.6. The summed E-state index contributed by atoms with van der Waals surface area (Å²) in [5.74, 6) is 0.957. The van der Waals surface area contributed by atoms with Crippen LogP contribution in [0.25, 0.3) is 0 Å². The van der Waals surface area contributed by atoms with Crippen molar-refractivity contribution in [1.82, 2.24) is 0 Å². The third kappa shape index (κ3) is 6.41. The van der Waals surface area contributed by atoms with Crippen molar-refractivity contribution in [2.45, 2.75) is 40.0 Å². The molecule has 2 N–H and O–H groups in total. The second-order valence-electron chi connectivity index (χ2n) is 6.67. The van der Waals surface area contributed by atoms with E-state index in [2.05, 4.69) is 0 Å². The Morgan fingerprint density at radius 2 is 1.73 bits per heavy atom. The number of aromatic hydroxyl groups is 1. The fourth-order valence-corrected chi connectivity index (χ4v) is 3.16. The summed E-state index contributed by atoms with van der Waals surface area (Å²) in [7, 11) is -4.44. The largest absolute Gasteiger partial charge is 1.00 e. The average Bonchev–Trinajstić information content (AvgIpc) is 2.49. The van der Waals surface area contributed by atoms with Crippen LogP contribution in [-0.2, 0) is 11.0 Å². The zero-order valence-electron chi connectivity index (χ0n) is 15.9. The van der Waals surface area contributed by atoms with Gasteiger partial charge in [0.25, 0.3) is 0 Å². The molecular formula is C19H24NaO5P. The van der Waals surface area contributed by atoms with E-state index in [1.807, 2.05) is 39.8 Å². The minimum atomic E-state index is -4.44. The average molecular weight is 386 g/mol. The van der Waals surface area contributed by atoms with Gasteiger partial charge in [-0.3, -0.25) is 0 Å². The number of rotatable bonds is 6. The van der Waals surface area contributed by atoms with Gasteiger partial charge in [0.2, 0.25) is 0 Å². The van der Waals surface area contributed by atoms with Crippen molar-refractivity contribution in [2.75, 3.05) is 6.35 Å². The van der Waals surface area contributed by atoms with Crippen LogP contribution in [0, 0.1) is 13.8 Å². The summed E-state index contributed by atoms with van der Waals surface area (Å²) in [5.41, 5.74) is 5.10. The van der Waals surface area contributed by atoms with Crippen LogP contribution in [-0.4, -0.2) is 16.3 Å². The molecule has 0 aromatic heterocycles. The summed E-state index contributed by atoms with van der Waals surface area (Å²) in [6.45, 7) is 7.96. The Labute approximate surface area is 176 Å². The second kappa shape index (κ2) is 9.41. The maximum Gasteiger partial charge on any atom is 1.00 e. The number of aryl methyl sites for hydroxylation is 2. The molecule has 0 saturated heterocycles. The number of hydrogen-bond donors (Lipinski definition) is 2. The third-order valence-corrected chi connectivity index (χ3v) is 4.61. The van der Waals surface area contributed by atoms with Crippen molar-refractivity contribution in [3.8, 4) is 11.5 Å². The molecule has 1 unspecified atom stereocenters. The summed E-state index contributed by atoms with van der Waals surface area (Å²) in [5, 5.41) is 9.96. The number of ether oxygens (including phenoxy) is 1. The van der Waals surface area contributed by atoms with Gasteiger partial charge in [-0.2, -0.15) is 0 Å². The zero-order valence-corrected chi connectivity index (χ0v) is 18.8. The summed E-state index contributed by atoms with van der Waals surface area (Å²) in [4.78, 5) is 19.6. The molecule has 136 valence electrons. The molecule has 7 heteroatoms. The molecule has 0 saturated carbocycles. The topological polar surface area (TPSA) is 89.8 Å². The molecule has 0 amide bonds. The molecule has 5 nitrogen and oxygen atoms in total. The van der Waals surface area contributed by atoms with Gasteiger partial charge in [0.05, 0.1) is 0 Å². The van der Waals surface area contributed by atoms with Gasteiger partial charge in [-0.25, -0.2) is 0 Å². The summed E-state index contributed by atoms with van der Waals surface area (Å²) in [6, 6.07) is 9.18. The molecule has 0 aliphatic heterocycles. The van der Waals surface area contributed by atoms with Crippen molar-refractivity contribution < 1.29 is 53.8 Å². The maximum absolute atomic E-state index is 10.8. The van der Waals surface area contributed by atoms with Gasteiger partial charge in [-0.05, 0) is 72.2 Å². The molecule has 2 rings (SSSR count). The van der Waals surface area contributed by atoms with Gasteiger partial charge in [0.1, 0.15) is 11.5 Å². The van der Waals surface area contributed by atoms with E-state index in [-0.39, 0.29) is 35.5 Å². The van der Waals surface area contributed by atoms with E-state index >= 15 is 0 Å². The van der Waals surface area contributed by atoms with Gasteiger partial charge in [-0.1, -0.05) is 26.0 Å². The number of hydrogen-bond acceptors (Lipinski definition) is 4. The molecule has 0 spiro atoms. The molecule has 0 aliphatic carbocycles. The van der Waals surface area contributed by atoms with E-state index in [1.165, 1.54) is 0 Å². The molecule has 1 atom stereocenters. The monoisotopic (exact) mass is 386 g/mol. The summed E-state index contributed by atoms with van der Waals surface area (Å²) < 4.78 is 16.0. The van der Waals surface area contributed by atoms with Gasteiger partial charge in [0.15, 0.2) is 13.9 Å². The van der Waals surface area contributed by atoms with Crippen LogP contribution in [0.5, 0.6) is 11.5 Å². The predicted octanol–water partition coefficient (Wildman–Crippen LogP) is 0.609. The van der Waals surface area contributed by atoms with Crippen LogP contribution in [0.4, 0.5) is 0 Å². The number of phenols is 1. The van der Waals surface area contributed by atoms with Gasteiger partial charge in [0, 0.05) is 0 Å². The van der Waals surface area contributed by atoms with Crippen LogP contribution in [0.1, 0.15) is 47.6 Å². The number of benzene rings is 2. The van der Waals surface area contributed by atoms with Gasteiger partial charge in [-0.15, -0.1) is 0 Å². The fourth-order valence-electron chi connectivity index (χ4n) is 2.85. The van der Waals surface area contributed by atoms with Crippen molar-refractivity contribution in [3.05, 3.63) is 58.1 Å². The predicted molar refractivity (Wildman–Crippen MR) is 96.2 cm³/mol. The fraction of sp³-hybridized carbons (Fsp3) is 0.368. The smallest absolute Gasteiger partial charge is 0.776 e. The van der Waals surface area contributed by atoms with E-state index in [9.17, 15) is 14.6 Å². The Morgan fingerprint density at radius 3 is 2.23 bits per heavy atom. The standard InChI is InChI=1S/C19H25O5P.Na/c1-12(2)17-9-15(5-6-19(17)20)10-18-13(3)7-16(8-14(18)4)24-11-25(21,22)23;/h5-9,12,20H,10-11H2,1-4H3,(H2,21,22,23);/q;+1/p-1. The van der Waals surface area contributed by atoms with Crippen molar-refractivity contribution in [1.29, 1.82) is 0 Å². The van der Waals surface area contributed by atoms with E-state index in [4.69, 9.17) is 9.63 Å². The summed E-state index contributed by atoms with van der Waals surface area (Å²) in [6.07, 6.45) is -0.0288. The molecule has 0 radical (unpaired) electrons. The van der Waals surface area contributed by atoms with Crippen LogP contribution < -0.4 is 39.2 Å². The second-order valence-corrected chi connectivity index (χ2v) is 8.20. The van der Waals surface area contributed by atoms with Crippen LogP contribution in [0.3, 0.4) is 0 Å². The zero-order chi connectivity index (χ0) is 18.8. The Kier molecular flexibility index (Phi) is 8.40. The Morgan fingerprint density at radius 1 is 1.15 bits per heavy atom. The molecule has 2 aromatic rings. The molecule has 26 heavy (non-hydrogen) atoms. The SMILES string of the molecule is Cc1cc(OCP(=O)([O-])O)cc(C)c1Cc1ccc(O)c(C(C)C)c1.[Na+]. The minimum Gasteiger partial charge on any atom is -0.776 e. The summed E-state index contributed by atoms with van der Waals surface area (Å²) >= 11 is 0. The maximum atomic E-state index is 10.8. The van der Waals surface area contributed by atoms with Gasteiger partial charge < -0.3 is 24.2 Å². The quantitative estimate of drug-likeness (QED) is 0.561. The van der Waals surface area contributed by atoms with Crippen molar-refractivity contribution >= 4 is 7.60 Å². The van der Waals surface area contributed by atoms with Crippen LogP contribution >= 0.6 is 7.60 Å². The van der Waals surface area contributed by atoms with E-state index in [0.717, 1.165) is 27.8 Å². The Hall–Kier alpha value is -0.810. The Bertz CT molecular complexity index is 791. The van der Waals surface area contributed by atoms with E-state index in [0.29, 0.717) is 17.9 Å². The van der Waals surface area contributed by atoms with Crippen LogP contribution in [0.2, 0.25) is 0 Å². The normalized spacial score (nSPS) is 13.2. The number of phenolic OH excluding ortho intramolecular Hbond substituents is 1. The molecule has 2 aromatic carbocycles. The van der Waals surface area contributed by atoms with Crippen molar-refractivity contribution in [2.24, 2.45) is 0 Å². The van der Waals surface area contributed by atoms with Gasteiger partial charge >= 0.3 is 29.6 Å². The first-order valence-electron chi connectivity index (χ1n) is 8.14. The van der Waals surface area contributed by atoms with Crippen molar-refractivity contribution in [3.63, 3.8) is 0 Å².